The van der Waals surface area contributed by atoms with Gasteiger partial charge in [-0.3, -0.25) is 14.8 Å². The van der Waals surface area contributed by atoms with Crippen molar-refractivity contribution in [3.8, 4) is 0 Å². The Balaban J connectivity index is 2.23. The zero-order chi connectivity index (χ0) is 13.3. The molecule has 7 heteroatoms. The van der Waals surface area contributed by atoms with Crippen molar-refractivity contribution in [3.05, 3.63) is 18.1 Å². The van der Waals surface area contributed by atoms with Crippen molar-refractivity contribution in [3.63, 3.8) is 0 Å². The Labute approximate surface area is 103 Å². The molecular formula is C11H15N5O2. The Morgan fingerprint density at radius 2 is 2.22 bits per heavy atom. The standard InChI is InChI=1S/C11H15N5O2/c1-11(2,3)10(17)18-6-16-5-15-8(12)7-9(16)14-4-13-7/h4-5,12H,6H2,1-3H3,(H,13,14). The highest BCUT2D eigenvalue weighted by Gasteiger charge is 2.23. The number of nitrogens with one attached hydrogen (secondary N) is 2. The van der Waals surface area contributed by atoms with Gasteiger partial charge >= 0.3 is 5.97 Å². The van der Waals surface area contributed by atoms with Gasteiger partial charge < -0.3 is 9.72 Å². The molecule has 0 saturated carbocycles. The van der Waals surface area contributed by atoms with Gasteiger partial charge in [0.05, 0.1) is 11.7 Å². The summed E-state index contributed by atoms with van der Waals surface area (Å²) in [6, 6.07) is 0. The number of fused-ring (bicyclic) bond motifs is 1. The van der Waals surface area contributed by atoms with E-state index in [2.05, 4.69) is 15.0 Å². The molecule has 0 fully saturated rings. The monoisotopic (exact) mass is 249 g/mol. The first kappa shape index (κ1) is 12.3. The number of ether oxygens (including phenoxy) is 1. The van der Waals surface area contributed by atoms with Gasteiger partial charge in [-0.05, 0) is 20.8 Å². The predicted octanol–water partition coefficient (Wildman–Crippen LogP) is 0.786. The zero-order valence-electron chi connectivity index (χ0n) is 10.5. The summed E-state index contributed by atoms with van der Waals surface area (Å²) in [4.78, 5) is 22.4. The van der Waals surface area contributed by atoms with Crippen LogP contribution < -0.4 is 5.49 Å². The predicted molar refractivity (Wildman–Crippen MR) is 63.3 cm³/mol. The molecule has 2 aromatic heterocycles. The average Bonchev–Trinajstić information content (AvgIpc) is 2.76. The fourth-order valence-electron chi connectivity index (χ4n) is 1.36. The third-order valence-electron chi connectivity index (χ3n) is 2.40. The number of carbonyl (C=O) groups is 1. The van der Waals surface area contributed by atoms with Crippen LogP contribution in [0.4, 0.5) is 0 Å². The van der Waals surface area contributed by atoms with E-state index in [9.17, 15) is 4.79 Å². The van der Waals surface area contributed by atoms with Crippen LogP contribution in [0.25, 0.3) is 11.2 Å². The molecule has 96 valence electrons. The quantitative estimate of drug-likeness (QED) is 0.769. The molecule has 0 aromatic carbocycles. The van der Waals surface area contributed by atoms with Gasteiger partial charge in [0.25, 0.3) is 0 Å². The van der Waals surface area contributed by atoms with Crippen LogP contribution >= 0.6 is 0 Å². The van der Waals surface area contributed by atoms with E-state index in [4.69, 9.17) is 10.1 Å². The van der Waals surface area contributed by atoms with E-state index < -0.39 is 5.41 Å². The Morgan fingerprint density at radius 1 is 1.50 bits per heavy atom. The van der Waals surface area contributed by atoms with E-state index in [1.807, 2.05) is 0 Å². The highest BCUT2D eigenvalue weighted by molar-refractivity contribution is 5.75. The Morgan fingerprint density at radius 3 is 2.89 bits per heavy atom. The molecule has 2 heterocycles. The number of rotatable bonds is 2. The smallest absolute Gasteiger partial charge is 0.312 e. The Bertz CT molecular complexity index is 635. The molecule has 0 aliphatic carbocycles. The van der Waals surface area contributed by atoms with Crippen LogP contribution in [-0.4, -0.2) is 25.5 Å². The third-order valence-corrected chi connectivity index (χ3v) is 2.40. The molecule has 7 nitrogen and oxygen atoms in total. The molecule has 0 amide bonds. The van der Waals surface area contributed by atoms with Crippen LogP contribution in [0.15, 0.2) is 12.7 Å². The van der Waals surface area contributed by atoms with Gasteiger partial charge in [0.2, 0.25) is 0 Å². The normalized spacial score (nSPS) is 11.7. The minimum absolute atomic E-state index is 0.0325. The minimum atomic E-state index is -0.548. The highest BCUT2D eigenvalue weighted by atomic mass is 16.5. The zero-order valence-corrected chi connectivity index (χ0v) is 10.5. The first-order valence-corrected chi connectivity index (χ1v) is 5.50. The Kier molecular flexibility index (Phi) is 2.90. The van der Waals surface area contributed by atoms with Crippen molar-refractivity contribution in [2.45, 2.75) is 27.5 Å². The average molecular weight is 249 g/mol. The first-order valence-electron chi connectivity index (χ1n) is 5.50. The van der Waals surface area contributed by atoms with E-state index in [1.165, 1.54) is 12.7 Å². The molecule has 0 aliphatic heterocycles. The van der Waals surface area contributed by atoms with Crippen LogP contribution in [0.3, 0.4) is 0 Å². The number of nitrogens with zero attached hydrogens (tertiary/aromatic N) is 3. The van der Waals surface area contributed by atoms with Crippen molar-refractivity contribution in [1.29, 1.82) is 5.41 Å². The second-order valence-corrected chi connectivity index (χ2v) is 4.98. The molecule has 0 saturated heterocycles. The molecular weight excluding hydrogens is 234 g/mol. The number of carbonyl (C=O) groups excluding carboxylic acids is 1. The van der Waals surface area contributed by atoms with Crippen LogP contribution in [0.2, 0.25) is 0 Å². The lowest BCUT2D eigenvalue weighted by atomic mass is 9.98. The SMILES string of the molecule is CC(C)(C)C(=O)OCn1cnc(=N)c2[nH]cnc21. The number of hydrogen-bond acceptors (Lipinski definition) is 5. The fourth-order valence-corrected chi connectivity index (χ4v) is 1.36. The minimum Gasteiger partial charge on any atom is -0.443 e. The topological polar surface area (TPSA) is 96.6 Å². The van der Waals surface area contributed by atoms with Crippen LogP contribution in [-0.2, 0) is 16.3 Å². The van der Waals surface area contributed by atoms with Crippen molar-refractivity contribution < 1.29 is 9.53 Å². The first-order chi connectivity index (χ1) is 8.39. The van der Waals surface area contributed by atoms with E-state index in [-0.39, 0.29) is 18.2 Å². The maximum absolute atomic E-state index is 11.7. The Hall–Kier alpha value is -2.18. The van der Waals surface area contributed by atoms with E-state index in [0.29, 0.717) is 11.2 Å². The number of aromatic nitrogens is 4. The number of aromatic amines is 1. The molecule has 2 rings (SSSR count). The molecule has 18 heavy (non-hydrogen) atoms. The van der Waals surface area contributed by atoms with Crippen LogP contribution in [0, 0.1) is 10.8 Å². The van der Waals surface area contributed by atoms with Gasteiger partial charge in [0.15, 0.2) is 17.9 Å². The molecule has 0 aliphatic rings. The largest absolute Gasteiger partial charge is 0.443 e. The summed E-state index contributed by atoms with van der Waals surface area (Å²) in [5.74, 6) is -0.298. The maximum Gasteiger partial charge on any atom is 0.312 e. The van der Waals surface area contributed by atoms with Gasteiger partial charge in [-0.25, -0.2) is 9.97 Å². The lowest BCUT2D eigenvalue weighted by Crippen LogP contribution is -2.24. The lowest BCUT2D eigenvalue weighted by Gasteiger charge is -2.17. The van der Waals surface area contributed by atoms with Gasteiger partial charge in [0, 0.05) is 0 Å². The maximum atomic E-state index is 11.7. The van der Waals surface area contributed by atoms with E-state index >= 15 is 0 Å². The summed E-state index contributed by atoms with van der Waals surface area (Å²) < 4.78 is 6.76. The fraction of sp³-hybridized carbons (Fsp3) is 0.455. The van der Waals surface area contributed by atoms with Gasteiger partial charge in [-0.2, -0.15) is 0 Å². The van der Waals surface area contributed by atoms with Crippen molar-refractivity contribution >= 4 is 17.1 Å². The van der Waals surface area contributed by atoms with Gasteiger partial charge in [-0.1, -0.05) is 0 Å². The summed E-state index contributed by atoms with van der Waals surface area (Å²) in [5.41, 5.74) is 0.621. The number of hydrogen-bond donors (Lipinski definition) is 2. The summed E-state index contributed by atoms with van der Waals surface area (Å²) >= 11 is 0. The van der Waals surface area contributed by atoms with E-state index in [1.54, 1.807) is 25.3 Å². The number of imidazole rings is 1. The second-order valence-electron chi connectivity index (χ2n) is 4.98. The van der Waals surface area contributed by atoms with Crippen molar-refractivity contribution in [2.75, 3.05) is 0 Å². The van der Waals surface area contributed by atoms with E-state index in [0.717, 1.165) is 0 Å². The molecule has 0 radical (unpaired) electrons. The summed E-state index contributed by atoms with van der Waals surface area (Å²) in [6.07, 6.45) is 2.91. The molecule has 0 atom stereocenters. The van der Waals surface area contributed by atoms with Crippen molar-refractivity contribution in [2.24, 2.45) is 5.41 Å². The number of esters is 1. The summed E-state index contributed by atoms with van der Waals surface area (Å²) in [6.45, 7) is 5.39. The lowest BCUT2D eigenvalue weighted by molar-refractivity contribution is -0.156. The molecule has 0 unspecified atom stereocenters. The molecule has 0 spiro atoms. The summed E-state index contributed by atoms with van der Waals surface area (Å²) in [7, 11) is 0. The third kappa shape index (κ3) is 2.24. The number of H-pyrrole nitrogens is 1. The van der Waals surface area contributed by atoms with Gasteiger partial charge in [-0.15, -0.1) is 0 Å². The molecule has 0 bridgehead atoms. The van der Waals surface area contributed by atoms with Gasteiger partial charge in [0.1, 0.15) is 11.8 Å². The second kappa shape index (κ2) is 4.25. The van der Waals surface area contributed by atoms with Crippen LogP contribution in [0.1, 0.15) is 20.8 Å². The summed E-state index contributed by atoms with van der Waals surface area (Å²) in [5, 5.41) is 7.59. The molecule has 2 N–H and O–H groups in total. The highest BCUT2D eigenvalue weighted by Crippen LogP contribution is 2.15. The van der Waals surface area contributed by atoms with Crippen LogP contribution in [0.5, 0.6) is 0 Å². The van der Waals surface area contributed by atoms with Crippen molar-refractivity contribution in [1.82, 2.24) is 19.5 Å². The molecule has 2 aromatic rings.